The molecule has 0 aliphatic heterocycles. The maximum atomic E-state index is 6.44. The van der Waals surface area contributed by atoms with Crippen molar-refractivity contribution < 1.29 is 4.52 Å². The molecule has 5 nitrogen and oxygen atoms in total. The molecule has 1 heterocycles. The highest BCUT2D eigenvalue weighted by Gasteiger charge is 2.34. The first kappa shape index (κ1) is 14.1. The first-order valence-electron chi connectivity index (χ1n) is 7.49. The molecule has 0 atom stereocenters. The molecule has 112 valence electrons. The van der Waals surface area contributed by atoms with Crippen molar-refractivity contribution in [2.45, 2.75) is 37.6 Å². The summed E-state index contributed by atoms with van der Waals surface area (Å²) in [6, 6.07) is 8.07. The zero-order chi connectivity index (χ0) is 14.9. The van der Waals surface area contributed by atoms with E-state index < -0.39 is 5.54 Å². The Bertz CT molecular complexity index is 597. The summed E-state index contributed by atoms with van der Waals surface area (Å²) in [4.78, 5) is 6.59. The minimum atomic E-state index is -0.413. The second-order valence-corrected chi connectivity index (χ2v) is 6.08. The van der Waals surface area contributed by atoms with E-state index in [9.17, 15) is 0 Å². The zero-order valence-electron chi connectivity index (χ0n) is 12.7. The van der Waals surface area contributed by atoms with Gasteiger partial charge in [0.05, 0.1) is 5.54 Å². The van der Waals surface area contributed by atoms with Gasteiger partial charge in [0.25, 0.3) is 5.89 Å². The summed E-state index contributed by atoms with van der Waals surface area (Å²) in [5.74, 6) is 1.19. The Morgan fingerprint density at radius 3 is 2.38 bits per heavy atom. The predicted octanol–water partition coefficient (Wildman–Crippen LogP) is 2.92. The average Bonchev–Trinajstić information content (AvgIpc) is 2.99. The number of hydrogen-bond donors (Lipinski definition) is 1. The van der Waals surface area contributed by atoms with E-state index in [1.165, 1.54) is 6.42 Å². The van der Waals surface area contributed by atoms with Gasteiger partial charge in [-0.1, -0.05) is 24.4 Å². The van der Waals surface area contributed by atoms with Crippen LogP contribution in [0.5, 0.6) is 0 Å². The van der Waals surface area contributed by atoms with E-state index in [0.717, 1.165) is 36.9 Å². The number of nitrogens with two attached hydrogens (primary N) is 1. The fourth-order valence-electron chi connectivity index (χ4n) is 2.85. The largest absolute Gasteiger partial charge is 0.378 e. The van der Waals surface area contributed by atoms with E-state index in [2.05, 4.69) is 15.0 Å². The average molecular weight is 286 g/mol. The summed E-state index contributed by atoms with van der Waals surface area (Å²) in [5.41, 5.74) is 8.10. The Morgan fingerprint density at radius 2 is 1.76 bits per heavy atom. The second-order valence-electron chi connectivity index (χ2n) is 6.08. The lowest BCUT2D eigenvalue weighted by Gasteiger charge is -2.29. The summed E-state index contributed by atoms with van der Waals surface area (Å²) in [6.45, 7) is 0. The van der Waals surface area contributed by atoms with Crippen molar-refractivity contribution in [2.75, 3.05) is 19.0 Å². The van der Waals surface area contributed by atoms with E-state index in [0.29, 0.717) is 11.7 Å². The Kier molecular flexibility index (Phi) is 3.68. The summed E-state index contributed by atoms with van der Waals surface area (Å²) in [5, 5.41) is 4.12. The lowest BCUT2D eigenvalue weighted by Crippen LogP contribution is -2.39. The molecule has 1 aliphatic rings. The third-order valence-corrected chi connectivity index (χ3v) is 4.25. The summed E-state index contributed by atoms with van der Waals surface area (Å²) < 4.78 is 5.41. The molecule has 0 unspecified atom stereocenters. The number of aromatic nitrogens is 2. The van der Waals surface area contributed by atoms with Crippen molar-refractivity contribution in [1.82, 2.24) is 10.1 Å². The fraction of sp³-hybridized carbons (Fsp3) is 0.500. The maximum absolute atomic E-state index is 6.44. The zero-order valence-corrected chi connectivity index (χ0v) is 12.7. The standard InChI is InChI=1S/C16H22N4O/c1-20(2)13-8-6-12(7-9-13)14-18-15(19-21-14)16(17)10-4-3-5-11-16/h6-9H,3-5,10-11,17H2,1-2H3. The molecule has 0 amide bonds. The molecule has 1 saturated carbocycles. The monoisotopic (exact) mass is 286 g/mol. The highest BCUT2D eigenvalue weighted by atomic mass is 16.5. The number of hydrogen-bond acceptors (Lipinski definition) is 5. The van der Waals surface area contributed by atoms with Gasteiger partial charge < -0.3 is 15.2 Å². The van der Waals surface area contributed by atoms with E-state index in [-0.39, 0.29) is 0 Å². The molecule has 3 rings (SSSR count). The van der Waals surface area contributed by atoms with Crippen molar-refractivity contribution in [3.8, 4) is 11.5 Å². The van der Waals surface area contributed by atoms with Gasteiger partial charge in [-0.05, 0) is 37.1 Å². The topological polar surface area (TPSA) is 68.2 Å². The Morgan fingerprint density at radius 1 is 1.10 bits per heavy atom. The molecule has 0 spiro atoms. The van der Waals surface area contributed by atoms with Crippen LogP contribution in [-0.2, 0) is 5.54 Å². The van der Waals surface area contributed by atoms with Crippen molar-refractivity contribution in [2.24, 2.45) is 5.73 Å². The second kappa shape index (κ2) is 5.48. The van der Waals surface area contributed by atoms with Crippen molar-refractivity contribution >= 4 is 5.69 Å². The van der Waals surface area contributed by atoms with Crippen molar-refractivity contribution in [3.05, 3.63) is 30.1 Å². The van der Waals surface area contributed by atoms with Crippen molar-refractivity contribution in [1.29, 1.82) is 0 Å². The first-order valence-corrected chi connectivity index (χ1v) is 7.49. The quantitative estimate of drug-likeness (QED) is 0.939. The van der Waals surface area contributed by atoms with Gasteiger partial charge in [0.1, 0.15) is 0 Å². The first-order chi connectivity index (χ1) is 10.1. The highest BCUT2D eigenvalue weighted by molar-refractivity contribution is 5.58. The summed E-state index contributed by atoms with van der Waals surface area (Å²) in [6.07, 6.45) is 5.39. The fourth-order valence-corrected chi connectivity index (χ4v) is 2.85. The summed E-state index contributed by atoms with van der Waals surface area (Å²) >= 11 is 0. The molecule has 1 fully saturated rings. The smallest absolute Gasteiger partial charge is 0.257 e. The maximum Gasteiger partial charge on any atom is 0.257 e. The lowest BCUT2D eigenvalue weighted by atomic mass is 9.82. The van der Waals surface area contributed by atoms with Crippen LogP contribution < -0.4 is 10.6 Å². The van der Waals surface area contributed by atoms with Crippen LogP contribution >= 0.6 is 0 Å². The highest BCUT2D eigenvalue weighted by Crippen LogP contribution is 2.34. The van der Waals surface area contributed by atoms with Crippen LogP contribution in [0.4, 0.5) is 5.69 Å². The van der Waals surface area contributed by atoms with Gasteiger partial charge in [0.15, 0.2) is 5.82 Å². The van der Waals surface area contributed by atoms with Crippen LogP contribution in [0.1, 0.15) is 37.9 Å². The third kappa shape index (κ3) is 2.78. The van der Waals surface area contributed by atoms with Gasteiger partial charge >= 0.3 is 0 Å². The molecule has 5 heteroatoms. The number of benzene rings is 1. The van der Waals surface area contributed by atoms with Crippen LogP contribution in [0.25, 0.3) is 11.5 Å². The molecule has 2 aromatic rings. The Hall–Kier alpha value is -1.88. The van der Waals surface area contributed by atoms with E-state index in [1.54, 1.807) is 0 Å². The molecular weight excluding hydrogens is 264 g/mol. The number of nitrogens with zero attached hydrogens (tertiary/aromatic N) is 3. The van der Waals surface area contributed by atoms with Gasteiger partial charge in [0.2, 0.25) is 0 Å². The lowest BCUT2D eigenvalue weighted by molar-refractivity contribution is 0.275. The molecule has 0 bridgehead atoms. The molecule has 1 aliphatic carbocycles. The Balaban J connectivity index is 1.84. The van der Waals surface area contributed by atoms with Crippen molar-refractivity contribution in [3.63, 3.8) is 0 Å². The number of rotatable bonds is 3. The van der Waals surface area contributed by atoms with Crippen LogP contribution in [-0.4, -0.2) is 24.2 Å². The molecule has 21 heavy (non-hydrogen) atoms. The predicted molar refractivity (Wildman–Crippen MR) is 83.0 cm³/mol. The van der Waals surface area contributed by atoms with Crippen LogP contribution in [0.3, 0.4) is 0 Å². The minimum absolute atomic E-state index is 0.413. The third-order valence-electron chi connectivity index (χ3n) is 4.25. The molecule has 1 aromatic heterocycles. The Labute approximate surface area is 125 Å². The minimum Gasteiger partial charge on any atom is -0.378 e. The van der Waals surface area contributed by atoms with E-state index in [1.807, 2.05) is 38.4 Å². The normalized spacial score (nSPS) is 17.7. The molecule has 1 aromatic carbocycles. The van der Waals surface area contributed by atoms with Gasteiger partial charge in [-0.2, -0.15) is 4.98 Å². The van der Waals surface area contributed by atoms with Gasteiger partial charge in [0, 0.05) is 25.3 Å². The van der Waals surface area contributed by atoms with Crippen LogP contribution in [0, 0.1) is 0 Å². The summed E-state index contributed by atoms with van der Waals surface area (Å²) in [7, 11) is 4.03. The molecule has 2 N–H and O–H groups in total. The van der Waals surface area contributed by atoms with Gasteiger partial charge in [-0.25, -0.2) is 0 Å². The van der Waals surface area contributed by atoms with Crippen LogP contribution in [0.2, 0.25) is 0 Å². The molecular formula is C16H22N4O. The van der Waals surface area contributed by atoms with Gasteiger partial charge in [-0.15, -0.1) is 0 Å². The van der Waals surface area contributed by atoms with Crippen LogP contribution in [0.15, 0.2) is 28.8 Å². The SMILES string of the molecule is CN(C)c1ccc(-c2nc(C3(N)CCCCC3)no2)cc1. The van der Waals surface area contributed by atoms with Gasteiger partial charge in [-0.3, -0.25) is 0 Å². The molecule has 0 saturated heterocycles. The molecule has 0 radical (unpaired) electrons. The number of anilines is 1. The van der Waals surface area contributed by atoms with E-state index in [4.69, 9.17) is 10.3 Å². The van der Waals surface area contributed by atoms with E-state index >= 15 is 0 Å².